The SMILES string of the molecule is Cc1ccc(-n2c(SCc3ccccc3)nnc2C(Cc2ccccc2)NC(=O)c2ccc(-c3ccccc3)cc2)cc1. The van der Waals surface area contributed by atoms with Gasteiger partial charge >= 0.3 is 0 Å². The van der Waals surface area contributed by atoms with E-state index in [0.717, 1.165) is 33.3 Å². The Balaban J connectivity index is 1.34. The van der Waals surface area contributed by atoms with E-state index in [4.69, 9.17) is 5.10 Å². The summed E-state index contributed by atoms with van der Waals surface area (Å²) in [6, 6.07) is 46.3. The Morgan fingerprint density at radius 1 is 0.698 bits per heavy atom. The predicted octanol–water partition coefficient (Wildman–Crippen LogP) is 8.25. The molecular formula is C37H32N4OS. The number of carbonyl (C=O) groups is 1. The molecule has 5 nitrogen and oxygen atoms in total. The molecule has 6 heteroatoms. The average Bonchev–Trinajstić information content (AvgIpc) is 3.49. The number of benzene rings is 5. The second kappa shape index (κ2) is 13.4. The second-order valence-electron chi connectivity index (χ2n) is 10.4. The number of carbonyl (C=O) groups excluding carboxylic acids is 1. The summed E-state index contributed by atoms with van der Waals surface area (Å²) >= 11 is 1.64. The van der Waals surface area contributed by atoms with Crippen molar-refractivity contribution in [3.05, 3.63) is 168 Å². The van der Waals surface area contributed by atoms with Gasteiger partial charge in [0.05, 0.1) is 6.04 Å². The molecule has 0 fully saturated rings. The molecule has 1 atom stereocenters. The fourth-order valence-electron chi connectivity index (χ4n) is 5.00. The van der Waals surface area contributed by atoms with Crippen LogP contribution in [0.25, 0.3) is 16.8 Å². The minimum absolute atomic E-state index is 0.155. The van der Waals surface area contributed by atoms with Crippen molar-refractivity contribution in [2.75, 3.05) is 0 Å². The number of hydrogen-bond donors (Lipinski definition) is 1. The molecular weight excluding hydrogens is 549 g/mol. The summed E-state index contributed by atoms with van der Waals surface area (Å²) in [5.74, 6) is 1.30. The first-order chi connectivity index (χ1) is 21.1. The molecule has 1 heterocycles. The number of nitrogens with zero attached hydrogens (tertiary/aromatic N) is 3. The van der Waals surface area contributed by atoms with E-state index in [1.54, 1.807) is 11.8 Å². The van der Waals surface area contributed by atoms with Gasteiger partial charge in [0.15, 0.2) is 11.0 Å². The number of aromatic nitrogens is 3. The molecule has 0 radical (unpaired) electrons. The number of thioether (sulfide) groups is 1. The van der Waals surface area contributed by atoms with Crippen LogP contribution in [0.5, 0.6) is 0 Å². The molecule has 0 aliphatic carbocycles. The van der Waals surface area contributed by atoms with Crippen LogP contribution in [0.1, 0.15) is 38.9 Å². The monoisotopic (exact) mass is 580 g/mol. The van der Waals surface area contributed by atoms with E-state index in [-0.39, 0.29) is 5.91 Å². The number of hydrogen-bond acceptors (Lipinski definition) is 4. The second-order valence-corrected chi connectivity index (χ2v) is 11.4. The summed E-state index contributed by atoms with van der Waals surface area (Å²) < 4.78 is 2.08. The topological polar surface area (TPSA) is 59.8 Å². The van der Waals surface area contributed by atoms with Crippen molar-refractivity contribution in [1.29, 1.82) is 0 Å². The first-order valence-electron chi connectivity index (χ1n) is 14.3. The maximum Gasteiger partial charge on any atom is 0.251 e. The van der Waals surface area contributed by atoms with E-state index in [9.17, 15) is 4.79 Å². The number of amides is 1. The minimum atomic E-state index is -0.413. The summed E-state index contributed by atoms with van der Waals surface area (Å²) in [6.45, 7) is 2.07. The standard InChI is InChI=1S/C37H32N4OS/c1-27-17-23-33(24-18-27)41-35(39-40-37(41)43-26-29-13-7-3-8-14-29)34(25-28-11-5-2-6-12-28)38-36(42)32-21-19-31(20-22-32)30-15-9-4-10-16-30/h2-24,34H,25-26H2,1H3,(H,38,42). The van der Waals surface area contributed by atoms with Gasteiger partial charge in [-0.1, -0.05) is 133 Å². The lowest BCUT2D eigenvalue weighted by atomic mass is 10.0. The van der Waals surface area contributed by atoms with Gasteiger partial charge in [-0.25, -0.2) is 0 Å². The molecule has 0 aliphatic rings. The van der Waals surface area contributed by atoms with Crippen LogP contribution in [-0.4, -0.2) is 20.7 Å². The zero-order chi connectivity index (χ0) is 29.4. The third kappa shape index (κ3) is 6.93. The highest BCUT2D eigenvalue weighted by Crippen LogP contribution is 2.29. The molecule has 5 aromatic carbocycles. The summed E-state index contributed by atoms with van der Waals surface area (Å²) in [5.41, 5.74) is 7.22. The van der Waals surface area contributed by atoms with Gasteiger partial charge in [-0.15, -0.1) is 10.2 Å². The molecule has 0 bridgehead atoms. The van der Waals surface area contributed by atoms with E-state index in [1.807, 2.05) is 78.9 Å². The molecule has 1 unspecified atom stereocenters. The lowest BCUT2D eigenvalue weighted by molar-refractivity contribution is 0.0934. The van der Waals surface area contributed by atoms with E-state index in [0.29, 0.717) is 17.8 Å². The lowest BCUT2D eigenvalue weighted by Gasteiger charge is -2.20. The summed E-state index contributed by atoms with van der Waals surface area (Å²) in [6.07, 6.45) is 0.571. The van der Waals surface area contributed by atoms with E-state index < -0.39 is 6.04 Å². The Kier molecular flexibility index (Phi) is 8.76. The first kappa shape index (κ1) is 28.2. The molecule has 6 rings (SSSR count). The van der Waals surface area contributed by atoms with Crippen molar-refractivity contribution < 1.29 is 4.79 Å². The Hall–Kier alpha value is -4.94. The third-order valence-corrected chi connectivity index (χ3v) is 8.32. The van der Waals surface area contributed by atoms with Gasteiger partial charge in [0.1, 0.15) is 0 Å². The third-order valence-electron chi connectivity index (χ3n) is 7.32. The van der Waals surface area contributed by atoms with Crippen LogP contribution in [0.4, 0.5) is 0 Å². The van der Waals surface area contributed by atoms with Crippen LogP contribution in [0.3, 0.4) is 0 Å². The quantitative estimate of drug-likeness (QED) is 0.166. The van der Waals surface area contributed by atoms with Gasteiger partial charge in [0.25, 0.3) is 5.91 Å². The average molecular weight is 581 g/mol. The lowest BCUT2D eigenvalue weighted by Crippen LogP contribution is -2.32. The number of rotatable bonds is 10. The zero-order valence-corrected chi connectivity index (χ0v) is 24.7. The predicted molar refractivity (Wildman–Crippen MR) is 174 cm³/mol. The van der Waals surface area contributed by atoms with Gasteiger partial charge in [0, 0.05) is 17.0 Å². The first-order valence-corrected chi connectivity index (χ1v) is 15.3. The Bertz CT molecular complexity index is 1770. The molecule has 0 aliphatic heterocycles. The normalized spacial score (nSPS) is 11.7. The molecule has 43 heavy (non-hydrogen) atoms. The fourth-order valence-corrected chi connectivity index (χ4v) is 5.92. The molecule has 0 saturated heterocycles. The highest BCUT2D eigenvalue weighted by molar-refractivity contribution is 7.98. The van der Waals surface area contributed by atoms with Crippen LogP contribution in [0.15, 0.2) is 145 Å². The van der Waals surface area contributed by atoms with Crippen molar-refractivity contribution in [2.24, 2.45) is 0 Å². The largest absolute Gasteiger partial charge is 0.342 e. The van der Waals surface area contributed by atoms with Crippen molar-refractivity contribution in [2.45, 2.75) is 30.3 Å². The van der Waals surface area contributed by atoms with Crippen molar-refractivity contribution in [3.63, 3.8) is 0 Å². The van der Waals surface area contributed by atoms with Crippen molar-refractivity contribution in [1.82, 2.24) is 20.1 Å². The minimum Gasteiger partial charge on any atom is -0.342 e. The maximum atomic E-state index is 13.7. The van der Waals surface area contributed by atoms with Gasteiger partial charge < -0.3 is 5.32 Å². The number of nitrogens with one attached hydrogen (secondary N) is 1. The van der Waals surface area contributed by atoms with Crippen LogP contribution >= 0.6 is 11.8 Å². The van der Waals surface area contributed by atoms with Crippen LogP contribution in [-0.2, 0) is 12.2 Å². The Morgan fingerprint density at radius 2 is 1.28 bits per heavy atom. The van der Waals surface area contributed by atoms with E-state index >= 15 is 0 Å². The summed E-state index contributed by atoms with van der Waals surface area (Å²) in [7, 11) is 0. The van der Waals surface area contributed by atoms with Gasteiger partial charge in [-0.2, -0.15) is 0 Å². The molecule has 0 spiro atoms. The zero-order valence-electron chi connectivity index (χ0n) is 23.9. The molecule has 6 aromatic rings. The summed E-state index contributed by atoms with van der Waals surface area (Å²) in [5, 5.41) is 13.4. The van der Waals surface area contributed by atoms with Crippen molar-refractivity contribution >= 4 is 17.7 Å². The Labute approximate surface area is 256 Å². The smallest absolute Gasteiger partial charge is 0.251 e. The maximum absolute atomic E-state index is 13.7. The van der Waals surface area contributed by atoms with Gasteiger partial charge in [0.2, 0.25) is 0 Å². The molecule has 1 amide bonds. The van der Waals surface area contributed by atoms with Gasteiger partial charge in [-0.05, 0) is 59.9 Å². The number of aryl methyl sites for hydroxylation is 1. The fraction of sp³-hybridized carbons (Fsp3) is 0.108. The van der Waals surface area contributed by atoms with E-state index in [1.165, 1.54) is 11.1 Å². The van der Waals surface area contributed by atoms with Crippen LogP contribution < -0.4 is 5.32 Å². The molecule has 0 saturated carbocycles. The van der Waals surface area contributed by atoms with E-state index in [2.05, 4.69) is 82.6 Å². The van der Waals surface area contributed by atoms with Crippen LogP contribution in [0, 0.1) is 6.92 Å². The molecule has 1 N–H and O–H groups in total. The summed E-state index contributed by atoms with van der Waals surface area (Å²) in [4.78, 5) is 13.7. The highest BCUT2D eigenvalue weighted by Gasteiger charge is 2.25. The molecule has 1 aromatic heterocycles. The highest BCUT2D eigenvalue weighted by atomic mass is 32.2. The Morgan fingerprint density at radius 3 is 1.93 bits per heavy atom. The van der Waals surface area contributed by atoms with Crippen molar-refractivity contribution in [3.8, 4) is 16.8 Å². The van der Waals surface area contributed by atoms with Gasteiger partial charge in [-0.3, -0.25) is 9.36 Å². The van der Waals surface area contributed by atoms with Crippen LogP contribution in [0.2, 0.25) is 0 Å². The molecule has 212 valence electrons.